The molecule has 2 aliphatic heterocycles. The van der Waals surface area contributed by atoms with Gasteiger partial charge in [0.25, 0.3) is 0 Å². The van der Waals surface area contributed by atoms with Crippen LogP contribution in [0.15, 0.2) is 69.9 Å². The van der Waals surface area contributed by atoms with Crippen LogP contribution in [-0.2, 0) is 17.3 Å². The van der Waals surface area contributed by atoms with Gasteiger partial charge in [0.2, 0.25) is 0 Å². The highest BCUT2D eigenvalue weighted by atomic mass is 16.1. The zero-order chi connectivity index (χ0) is 21.1. The van der Waals surface area contributed by atoms with Crippen LogP contribution in [0.1, 0.15) is 45.6 Å². The lowest BCUT2D eigenvalue weighted by Crippen LogP contribution is -2.51. The summed E-state index contributed by atoms with van der Waals surface area (Å²) in [4.78, 5) is 13.5. The first-order valence-corrected chi connectivity index (χ1v) is 10.6. The van der Waals surface area contributed by atoms with Crippen LogP contribution >= 0.6 is 0 Å². The maximum atomic E-state index is 13.5. The first-order chi connectivity index (χ1) is 14.3. The molecule has 0 spiro atoms. The first-order valence-electron chi connectivity index (χ1n) is 10.6. The Labute approximate surface area is 176 Å². The number of Topliss-reactive ketones (excluding diaryl/α,β-unsaturated/α-hetero) is 1. The van der Waals surface area contributed by atoms with Crippen molar-refractivity contribution < 1.29 is 4.79 Å². The van der Waals surface area contributed by atoms with Gasteiger partial charge in [-0.2, -0.15) is 15.3 Å². The summed E-state index contributed by atoms with van der Waals surface area (Å²) in [7, 11) is 1.92. The number of nitrogens with one attached hydrogen (secondary N) is 1. The Morgan fingerprint density at radius 1 is 1.23 bits per heavy atom. The molecule has 0 bridgehead atoms. The molecule has 6 nitrogen and oxygen atoms in total. The van der Waals surface area contributed by atoms with E-state index in [4.69, 9.17) is 0 Å². The summed E-state index contributed by atoms with van der Waals surface area (Å²) in [5.74, 6) is 0.230. The quantitative estimate of drug-likeness (QED) is 0.813. The topological polar surface area (TPSA) is 71.6 Å². The van der Waals surface area contributed by atoms with E-state index in [9.17, 15) is 4.79 Å². The Bertz CT molecular complexity index is 1140. The van der Waals surface area contributed by atoms with E-state index in [0.717, 1.165) is 46.4 Å². The number of aromatic nitrogens is 2. The molecule has 154 valence electrons. The number of hydrogen-bond donors (Lipinski definition) is 1. The fourth-order valence-corrected chi connectivity index (χ4v) is 5.42. The van der Waals surface area contributed by atoms with Crippen molar-refractivity contribution in [1.29, 1.82) is 0 Å². The van der Waals surface area contributed by atoms with E-state index >= 15 is 0 Å². The molecule has 5 rings (SSSR count). The molecule has 30 heavy (non-hydrogen) atoms. The Kier molecular flexibility index (Phi) is 4.10. The molecule has 3 aliphatic rings. The first kappa shape index (κ1) is 19.0. The van der Waals surface area contributed by atoms with Crippen LogP contribution in [0, 0.1) is 5.41 Å². The highest BCUT2D eigenvalue weighted by Gasteiger charge is 2.52. The van der Waals surface area contributed by atoms with Crippen LogP contribution in [-0.4, -0.2) is 21.7 Å². The lowest BCUT2D eigenvalue weighted by atomic mass is 9.58. The minimum atomic E-state index is -0.513. The van der Waals surface area contributed by atoms with Crippen molar-refractivity contribution in [2.24, 2.45) is 22.7 Å². The van der Waals surface area contributed by atoms with Gasteiger partial charge in [-0.15, -0.1) is 0 Å². The maximum Gasteiger partial charge on any atom is 0.164 e. The molecule has 0 radical (unpaired) electrons. The highest BCUT2D eigenvalue weighted by Crippen LogP contribution is 2.53. The van der Waals surface area contributed by atoms with Crippen LogP contribution in [0.25, 0.3) is 11.1 Å². The summed E-state index contributed by atoms with van der Waals surface area (Å²) >= 11 is 0. The van der Waals surface area contributed by atoms with Gasteiger partial charge in [0.05, 0.1) is 17.8 Å². The molecule has 1 unspecified atom stereocenters. The second-order valence-electron chi connectivity index (χ2n) is 9.40. The summed E-state index contributed by atoms with van der Waals surface area (Å²) < 4.78 is 1.81. The molecule has 0 fully saturated rings. The van der Waals surface area contributed by atoms with Gasteiger partial charge in [-0.05, 0) is 35.4 Å². The normalized spacial score (nSPS) is 26.9. The van der Waals surface area contributed by atoms with E-state index < -0.39 is 5.41 Å². The molecular formula is C24H27N5O. The van der Waals surface area contributed by atoms with Crippen LogP contribution in [0.2, 0.25) is 0 Å². The Hall–Kier alpha value is -3.02. The molecular weight excluding hydrogens is 374 g/mol. The van der Waals surface area contributed by atoms with Crippen molar-refractivity contribution in [2.45, 2.75) is 51.6 Å². The highest BCUT2D eigenvalue weighted by molar-refractivity contribution is 6.01. The molecule has 1 aromatic heterocycles. The van der Waals surface area contributed by atoms with Gasteiger partial charge in [-0.1, -0.05) is 39.0 Å². The Morgan fingerprint density at radius 2 is 2.07 bits per heavy atom. The van der Waals surface area contributed by atoms with E-state index in [1.54, 1.807) is 0 Å². The average molecular weight is 402 g/mol. The van der Waals surface area contributed by atoms with Crippen molar-refractivity contribution in [3.8, 4) is 11.1 Å². The SMILES string of the molecule is CC[C@]1(c2cccc(-c3cnn(C)c3)c2)C2=CN=NC2NC2=C1C(=O)CC(C)(C)C2. The fraction of sp³-hybridized carbons (Fsp3) is 0.417. The lowest BCUT2D eigenvalue weighted by molar-refractivity contribution is -0.119. The van der Waals surface area contributed by atoms with Gasteiger partial charge in [-0.25, -0.2) is 0 Å². The molecule has 3 heterocycles. The molecule has 2 aromatic rings. The van der Waals surface area contributed by atoms with Gasteiger partial charge in [-0.3, -0.25) is 9.48 Å². The van der Waals surface area contributed by atoms with Crippen LogP contribution in [0.4, 0.5) is 0 Å². The number of benzene rings is 1. The molecule has 6 heteroatoms. The minimum Gasteiger partial charge on any atom is -0.362 e. The minimum absolute atomic E-state index is 0.0586. The molecule has 1 aromatic carbocycles. The van der Waals surface area contributed by atoms with Crippen molar-refractivity contribution in [3.63, 3.8) is 0 Å². The third-order valence-corrected chi connectivity index (χ3v) is 6.70. The zero-order valence-electron chi connectivity index (χ0n) is 17.9. The predicted molar refractivity (Wildman–Crippen MR) is 116 cm³/mol. The number of ketones is 1. The van der Waals surface area contributed by atoms with Crippen molar-refractivity contribution in [2.75, 3.05) is 0 Å². The molecule has 2 atom stereocenters. The zero-order valence-corrected chi connectivity index (χ0v) is 17.9. The van der Waals surface area contributed by atoms with E-state index in [0.29, 0.717) is 6.42 Å². The number of rotatable bonds is 3. The second-order valence-corrected chi connectivity index (χ2v) is 9.40. The monoisotopic (exact) mass is 401 g/mol. The molecule has 0 amide bonds. The Morgan fingerprint density at radius 3 is 2.80 bits per heavy atom. The lowest BCUT2D eigenvalue weighted by Gasteiger charge is -2.47. The third-order valence-electron chi connectivity index (χ3n) is 6.70. The molecule has 0 saturated carbocycles. The van der Waals surface area contributed by atoms with Crippen LogP contribution in [0.5, 0.6) is 0 Å². The van der Waals surface area contributed by atoms with Crippen LogP contribution in [0.3, 0.4) is 0 Å². The van der Waals surface area contributed by atoms with Gasteiger partial charge >= 0.3 is 0 Å². The van der Waals surface area contributed by atoms with Gasteiger partial charge in [0, 0.05) is 42.1 Å². The van der Waals surface area contributed by atoms with Gasteiger partial charge in [0.15, 0.2) is 11.9 Å². The largest absolute Gasteiger partial charge is 0.362 e. The van der Waals surface area contributed by atoms with Gasteiger partial charge < -0.3 is 5.32 Å². The number of nitrogens with zero attached hydrogens (tertiary/aromatic N) is 4. The predicted octanol–water partition coefficient (Wildman–Crippen LogP) is 4.66. The molecule has 1 N–H and O–H groups in total. The summed E-state index contributed by atoms with van der Waals surface area (Å²) in [5.41, 5.74) is 5.72. The van der Waals surface area contributed by atoms with Crippen molar-refractivity contribution >= 4 is 5.78 Å². The Balaban J connectivity index is 1.74. The maximum absolute atomic E-state index is 13.5. The summed E-state index contributed by atoms with van der Waals surface area (Å²) in [6.07, 6.45) is 7.73. The number of azo groups is 1. The number of hydrogen-bond acceptors (Lipinski definition) is 5. The number of allylic oxidation sites excluding steroid dienone is 2. The van der Waals surface area contributed by atoms with E-state index in [2.05, 4.69) is 65.7 Å². The van der Waals surface area contributed by atoms with E-state index in [1.807, 2.05) is 30.3 Å². The van der Waals surface area contributed by atoms with Crippen molar-refractivity contribution in [1.82, 2.24) is 15.1 Å². The summed E-state index contributed by atoms with van der Waals surface area (Å²) in [5, 5.41) is 16.5. The average Bonchev–Trinajstić information content (AvgIpc) is 3.34. The number of aryl methyl sites for hydroxylation is 1. The molecule has 1 aliphatic carbocycles. The third kappa shape index (κ3) is 2.70. The van der Waals surface area contributed by atoms with Crippen LogP contribution < -0.4 is 5.32 Å². The van der Waals surface area contributed by atoms with Crippen molar-refractivity contribution in [3.05, 3.63) is 65.3 Å². The smallest absolute Gasteiger partial charge is 0.164 e. The number of fused-ring (bicyclic) bond motifs is 1. The standard InChI is InChI=1S/C24H27N5O/c1-5-24(17-8-6-7-15(9-17)16-12-26-29(4)14-16)18-13-25-28-22(18)27-19-10-23(2,3)11-20(30)21(19)24/h6-9,12-14,22,27H,5,10-11H2,1-4H3/t22?,24-/m0/s1. The fourth-order valence-electron chi connectivity index (χ4n) is 5.42. The number of carbonyl (C=O) groups is 1. The summed E-state index contributed by atoms with van der Waals surface area (Å²) in [6.45, 7) is 6.49. The molecule has 0 saturated heterocycles. The number of carbonyl (C=O) groups excluding carboxylic acids is 1. The summed E-state index contributed by atoms with van der Waals surface area (Å²) in [6, 6.07) is 8.52. The van der Waals surface area contributed by atoms with E-state index in [-0.39, 0.29) is 17.4 Å². The van der Waals surface area contributed by atoms with Gasteiger partial charge in [0.1, 0.15) is 0 Å². The van der Waals surface area contributed by atoms with E-state index in [1.165, 1.54) is 0 Å². The second kappa shape index (κ2) is 6.49.